The number of likely N-dealkylation sites (N-methyl/N-ethyl adjacent to an activating group) is 1. The van der Waals surface area contributed by atoms with Crippen molar-refractivity contribution in [2.24, 2.45) is 0 Å². The number of fused-ring (bicyclic) bond motifs is 1. The number of thiazole rings is 1. The normalized spacial score (nSPS) is 13.7. The molecule has 0 saturated carbocycles. The lowest BCUT2D eigenvalue weighted by Crippen LogP contribution is -2.25. The first-order chi connectivity index (χ1) is 10.1. The van der Waals surface area contributed by atoms with Crippen molar-refractivity contribution in [2.45, 2.75) is 32.7 Å². The van der Waals surface area contributed by atoms with E-state index in [1.807, 2.05) is 25.5 Å². The van der Waals surface area contributed by atoms with Crippen LogP contribution in [0.3, 0.4) is 0 Å². The summed E-state index contributed by atoms with van der Waals surface area (Å²) in [7, 11) is 1.99. The second-order valence-corrected chi connectivity index (χ2v) is 6.73. The Kier molecular flexibility index (Phi) is 4.17. The lowest BCUT2D eigenvalue weighted by Gasteiger charge is -2.15. The van der Waals surface area contributed by atoms with E-state index in [1.54, 1.807) is 11.3 Å². The maximum Gasteiger partial charge on any atom is 0.176 e. The van der Waals surface area contributed by atoms with Crippen LogP contribution in [0.4, 0.5) is 0 Å². The Balaban J connectivity index is 1.64. The van der Waals surface area contributed by atoms with Crippen LogP contribution in [0, 0.1) is 6.92 Å². The number of aromatic nitrogens is 1. The molecule has 0 N–H and O–H groups in total. The molecule has 3 nitrogen and oxygen atoms in total. The maximum atomic E-state index is 12.4. The third-order valence-electron chi connectivity index (χ3n) is 4.09. The summed E-state index contributed by atoms with van der Waals surface area (Å²) in [5.74, 6) is 0.203. The molecule has 110 valence electrons. The van der Waals surface area contributed by atoms with E-state index in [0.29, 0.717) is 6.54 Å². The van der Waals surface area contributed by atoms with Gasteiger partial charge < -0.3 is 0 Å². The summed E-state index contributed by atoms with van der Waals surface area (Å²) in [6, 6.07) is 6.21. The molecule has 2 aromatic rings. The van der Waals surface area contributed by atoms with Crippen LogP contribution in [0.5, 0.6) is 0 Å². The van der Waals surface area contributed by atoms with Gasteiger partial charge in [-0.25, -0.2) is 4.98 Å². The number of nitrogens with zero attached hydrogens (tertiary/aromatic N) is 2. The Morgan fingerprint density at radius 3 is 2.90 bits per heavy atom. The zero-order valence-electron chi connectivity index (χ0n) is 12.6. The summed E-state index contributed by atoms with van der Waals surface area (Å²) in [5.41, 5.74) is 6.56. The van der Waals surface area contributed by atoms with Crippen LogP contribution < -0.4 is 0 Å². The zero-order chi connectivity index (χ0) is 14.8. The summed E-state index contributed by atoms with van der Waals surface area (Å²) >= 11 is 1.65. The van der Waals surface area contributed by atoms with E-state index in [2.05, 4.69) is 22.0 Å². The van der Waals surface area contributed by atoms with Crippen molar-refractivity contribution in [2.75, 3.05) is 13.6 Å². The lowest BCUT2D eigenvalue weighted by atomic mass is 10.0. The van der Waals surface area contributed by atoms with E-state index in [-0.39, 0.29) is 5.78 Å². The van der Waals surface area contributed by atoms with Crippen LogP contribution in [-0.4, -0.2) is 29.3 Å². The number of aryl methyl sites for hydroxylation is 3. The average molecular weight is 300 g/mol. The fourth-order valence-corrected chi connectivity index (χ4v) is 3.72. The highest BCUT2D eigenvalue weighted by Crippen LogP contribution is 2.23. The molecule has 0 aliphatic heterocycles. The van der Waals surface area contributed by atoms with Crippen LogP contribution in [0.25, 0.3) is 0 Å². The number of ketones is 1. The highest BCUT2D eigenvalue weighted by molar-refractivity contribution is 7.09. The standard InChI is InChI=1S/C17H20N2OS/c1-12-17(21-11-18-12)10-19(2)9-16(20)15-7-6-13-4-3-5-14(13)8-15/h6-8,11H,3-5,9-10H2,1-2H3. The Morgan fingerprint density at radius 1 is 1.33 bits per heavy atom. The first kappa shape index (κ1) is 14.4. The second-order valence-electron chi connectivity index (χ2n) is 5.79. The molecule has 1 aliphatic rings. The molecule has 1 aromatic carbocycles. The quantitative estimate of drug-likeness (QED) is 0.795. The van der Waals surface area contributed by atoms with E-state index in [9.17, 15) is 4.79 Å². The minimum Gasteiger partial charge on any atom is -0.294 e. The SMILES string of the molecule is Cc1ncsc1CN(C)CC(=O)c1ccc2c(c1)CCC2. The van der Waals surface area contributed by atoms with Gasteiger partial charge in [0.1, 0.15) is 0 Å². The Bertz CT molecular complexity index is 663. The third-order valence-corrected chi connectivity index (χ3v) is 5.01. The van der Waals surface area contributed by atoms with Gasteiger partial charge >= 0.3 is 0 Å². The smallest absolute Gasteiger partial charge is 0.176 e. The van der Waals surface area contributed by atoms with Gasteiger partial charge in [-0.3, -0.25) is 9.69 Å². The average Bonchev–Trinajstić information content (AvgIpc) is 3.07. The highest BCUT2D eigenvalue weighted by Gasteiger charge is 2.15. The summed E-state index contributed by atoms with van der Waals surface area (Å²) in [4.78, 5) is 20.0. The first-order valence-electron chi connectivity index (χ1n) is 7.36. The topological polar surface area (TPSA) is 33.2 Å². The van der Waals surface area contributed by atoms with Crippen LogP contribution >= 0.6 is 11.3 Å². The number of hydrogen-bond acceptors (Lipinski definition) is 4. The summed E-state index contributed by atoms with van der Waals surface area (Å²) in [6.07, 6.45) is 3.50. The van der Waals surface area contributed by atoms with Crippen molar-refractivity contribution in [3.63, 3.8) is 0 Å². The van der Waals surface area contributed by atoms with Crippen molar-refractivity contribution < 1.29 is 4.79 Å². The zero-order valence-corrected chi connectivity index (χ0v) is 13.4. The monoisotopic (exact) mass is 300 g/mol. The molecule has 0 bridgehead atoms. The molecule has 3 rings (SSSR count). The fraction of sp³-hybridized carbons (Fsp3) is 0.412. The summed E-state index contributed by atoms with van der Waals surface area (Å²) < 4.78 is 0. The van der Waals surface area contributed by atoms with Crippen molar-refractivity contribution in [3.8, 4) is 0 Å². The van der Waals surface area contributed by atoms with E-state index < -0.39 is 0 Å². The third kappa shape index (κ3) is 3.22. The molecular weight excluding hydrogens is 280 g/mol. The van der Waals surface area contributed by atoms with Gasteiger partial charge in [0, 0.05) is 17.0 Å². The molecule has 0 fully saturated rings. The van der Waals surface area contributed by atoms with Gasteiger partial charge in [0.15, 0.2) is 5.78 Å². The number of carbonyl (C=O) groups is 1. The molecule has 0 unspecified atom stereocenters. The molecule has 1 aromatic heterocycles. The Hall–Kier alpha value is -1.52. The van der Waals surface area contributed by atoms with Gasteiger partial charge in [0.05, 0.1) is 17.7 Å². The van der Waals surface area contributed by atoms with Crippen molar-refractivity contribution in [1.82, 2.24) is 9.88 Å². The first-order valence-corrected chi connectivity index (χ1v) is 8.24. The number of carbonyl (C=O) groups excluding carboxylic acids is 1. The van der Waals surface area contributed by atoms with Gasteiger partial charge in [-0.15, -0.1) is 11.3 Å². The molecule has 0 radical (unpaired) electrons. The number of Topliss-reactive ketones (excluding diaryl/α,β-unsaturated/α-hetero) is 1. The van der Waals surface area contributed by atoms with Gasteiger partial charge in [0.25, 0.3) is 0 Å². The molecule has 0 saturated heterocycles. The lowest BCUT2D eigenvalue weighted by molar-refractivity contribution is 0.0943. The van der Waals surface area contributed by atoms with Crippen molar-refractivity contribution >= 4 is 17.1 Å². The molecule has 0 atom stereocenters. The van der Waals surface area contributed by atoms with E-state index in [4.69, 9.17) is 0 Å². The van der Waals surface area contributed by atoms with Crippen LogP contribution in [-0.2, 0) is 19.4 Å². The second kappa shape index (κ2) is 6.08. The van der Waals surface area contributed by atoms with E-state index >= 15 is 0 Å². The minimum atomic E-state index is 0.203. The van der Waals surface area contributed by atoms with Gasteiger partial charge in [-0.2, -0.15) is 0 Å². The maximum absolute atomic E-state index is 12.4. The van der Waals surface area contributed by atoms with Gasteiger partial charge in [-0.1, -0.05) is 12.1 Å². The molecule has 0 amide bonds. The predicted octanol–water partition coefficient (Wildman–Crippen LogP) is 3.25. The molecule has 21 heavy (non-hydrogen) atoms. The van der Waals surface area contributed by atoms with Gasteiger partial charge in [0.2, 0.25) is 0 Å². The van der Waals surface area contributed by atoms with Crippen LogP contribution in [0.2, 0.25) is 0 Å². The largest absolute Gasteiger partial charge is 0.294 e. The molecular formula is C17H20N2OS. The van der Waals surface area contributed by atoms with Crippen molar-refractivity contribution in [3.05, 3.63) is 51.0 Å². The number of hydrogen-bond donors (Lipinski definition) is 0. The fourth-order valence-electron chi connectivity index (χ4n) is 2.86. The summed E-state index contributed by atoms with van der Waals surface area (Å²) in [6.45, 7) is 3.26. The van der Waals surface area contributed by atoms with Crippen LogP contribution in [0.1, 0.15) is 38.5 Å². The Labute approximate surface area is 129 Å². The van der Waals surface area contributed by atoms with E-state index in [1.165, 1.54) is 22.4 Å². The van der Waals surface area contributed by atoms with E-state index in [0.717, 1.165) is 30.6 Å². The minimum absolute atomic E-state index is 0.203. The Morgan fingerprint density at radius 2 is 2.14 bits per heavy atom. The summed E-state index contributed by atoms with van der Waals surface area (Å²) in [5, 5.41) is 0. The molecule has 1 heterocycles. The predicted molar refractivity (Wildman–Crippen MR) is 86.0 cm³/mol. The van der Waals surface area contributed by atoms with Crippen LogP contribution in [0.15, 0.2) is 23.7 Å². The number of rotatable bonds is 5. The number of benzene rings is 1. The van der Waals surface area contributed by atoms with Crippen molar-refractivity contribution in [1.29, 1.82) is 0 Å². The molecule has 4 heteroatoms. The molecule has 0 spiro atoms. The molecule has 1 aliphatic carbocycles. The van der Waals surface area contributed by atoms with Gasteiger partial charge in [-0.05, 0) is 50.4 Å². The highest BCUT2D eigenvalue weighted by atomic mass is 32.1.